The van der Waals surface area contributed by atoms with Crippen molar-refractivity contribution in [3.05, 3.63) is 0 Å². The van der Waals surface area contributed by atoms with E-state index in [4.69, 9.17) is 9.47 Å². The zero-order valence-corrected chi connectivity index (χ0v) is 7.71. The number of carbonyl (C=O) groups is 1. The van der Waals surface area contributed by atoms with Gasteiger partial charge in [0.05, 0.1) is 13.2 Å². The van der Waals surface area contributed by atoms with E-state index in [2.05, 4.69) is 0 Å². The van der Waals surface area contributed by atoms with E-state index < -0.39 is 0 Å². The maximum atomic E-state index is 10.8. The van der Waals surface area contributed by atoms with Crippen LogP contribution in [-0.2, 0) is 14.3 Å². The maximum Gasteiger partial charge on any atom is 0.158 e. The van der Waals surface area contributed by atoms with Gasteiger partial charge >= 0.3 is 0 Å². The van der Waals surface area contributed by atoms with Crippen molar-refractivity contribution in [1.29, 1.82) is 0 Å². The van der Waals surface area contributed by atoms with Crippen molar-refractivity contribution in [3.8, 4) is 0 Å². The zero-order chi connectivity index (χ0) is 8.97. The van der Waals surface area contributed by atoms with Crippen LogP contribution in [0, 0.1) is 5.92 Å². The van der Waals surface area contributed by atoms with Gasteiger partial charge in [-0.15, -0.1) is 0 Å². The van der Waals surface area contributed by atoms with Gasteiger partial charge in [0, 0.05) is 12.5 Å². The number of hydrogen-bond donors (Lipinski definition) is 0. The van der Waals surface area contributed by atoms with Crippen LogP contribution in [0.15, 0.2) is 0 Å². The third kappa shape index (κ3) is 2.91. The molecular formula is C9H16O3. The summed E-state index contributed by atoms with van der Waals surface area (Å²) in [6.45, 7) is 5.61. The fourth-order valence-electron chi connectivity index (χ4n) is 1.11. The van der Waals surface area contributed by atoms with Crippen molar-refractivity contribution in [2.75, 3.05) is 19.8 Å². The number of ketones is 1. The lowest BCUT2D eigenvalue weighted by atomic mass is 10.1. The quantitative estimate of drug-likeness (QED) is 0.635. The van der Waals surface area contributed by atoms with Crippen molar-refractivity contribution in [2.24, 2.45) is 5.92 Å². The van der Waals surface area contributed by atoms with Crippen LogP contribution in [0.4, 0.5) is 0 Å². The van der Waals surface area contributed by atoms with E-state index in [1.54, 1.807) is 13.8 Å². The van der Waals surface area contributed by atoms with Crippen molar-refractivity contribution < 1.29 is 14.3 Å². The van der Waals surface area contributed by atoms with Gasteiger partial charge in [0.15, 0.2) is 5.78 Å². The summed E-state index contributed by atoms with van der Waals surface area (Å²) in [4.78, 5) is 10.8. The van der Waals surface area contributed by atoms with Gasteiger partial charge in [-0.1, -0.05) is 0 Å². The van der Waals surface area contributed by atoms with Crippen LogP contribution < -0.4 is 0 Å². The summed E-state index contributed by atoms with van der Waals surface area (Å²) in [6.07, 6.45) is 0.801. The van der Waals surface area contributed by atoms with Crippen LogP contribution in [0.3, 0.4) is 0 Å². The first-order chi connectivity index (χ1) is 5.70. The van der Waals surface area contributed by atoms with E-state index >= 15 is 0 Å². The molecule has 0 aromatic heterocycles. The lowest BCUT2D eigenvalue weighted by Gasteiger charge is -2.12. The van der Waals surface area contributed by atoms with Crippen LogP contribution in [0.2, 0.25) is 0 Å². The standard InChI is InChI=1S/C9H16O3/c1-7(10)8(2)12-6-9-3-4-11-5-9/h8-9H,3-6H2,1-2H3. The Labute approximate surface area is 73.0 Å². The molecule has 3 nitrogen and oxygen atoms in total. The second-order valence-corrected chi connectivity index (χ2v) is 3.32. The molecule has 0 saturated carbocycles. The largest absolute Gasteiger partial charge is 0.381 e. The molecule has 0 aromatic carbocycles. The molecule has 0 spiro atoms. The lowest BCUT2D eigenvalue weighted by molar-refractivity contribution is -0.128. The fraction of sp³-hybridized carbons (Fsp3) is 0.889. The van der Waals surface area contributed by atoms with Crippen molar-refractivity contribution >= 4 is 5.78 Å². The minimum absolute atomic E-state index is 0.0916. The smallest absolute Gasteiger partial charge is 0.158 e. The molecular weight excluding hydrogens is 156 g/mol. The third-order valence-corrected chi connectivity index (χ3v) is 2.18. The maximum absolute atomic E-state index is 10.8. The first-order valence-electron chi connectivity index (χ1n) is 4.40. The summed E-state index contributed by atoms with van der Waals surface area (Å²) in [6, 6.07) is 0. The molecule has 0 radical (unpaired) electrons. The molecule has 2 unspecified atom stereocenters. The molecule has 3 heteroatoms. The van der Waals surface area contributed by atoms with E-state index in [1.165, 1.54) is 0 Å². The molecule has 12 heavy (non-hydrogen) atoms. The summed E-state index contributed by atoms with van der Waals surface area (Å²) in [7, 11) is 0. The number of rotatable bonds is 4. The van der Waals surface area contributed by atoms with Gasteiger partial charge in [-0.3, -0.25) is 4.79 Å². The second kappa shape index (κ2) is 4.58. The molecule has 1 heterocycles. The zero-order valence-electron chi connectivity index (χ0n) is 7.71. The number of ether oxygens (including phenoxy) is 2. The monoisotopic (exact) mass is 172 g/mol. The molecule has 1 saturated heterocycles. The van der Waals surface area contributed by atoms with Gasteiger partial charge in [0.2, 0.25) is 0 Å². The summed E-state index contributed by atoms with van der Waals surface area (Å²) >= 11 is 0. The molecule has 0 aromatic rings. The minimum Gasteiger partial charge on any atom is -0.381 e. The first-order valence-corrected chi connectivity index (χ1v) is 4.40. The average Bonchev–Trinajstić information content (AvgIpc) is 2.51. The normalized spacial score (nSPS) is 25.7. The number of Topliss-reactive ketones (excluding diaryl/α,β-unsaturated/α-hetero) is 1. The summed E-state index contributed by atoms with van der Waals surface area (Å²) in [5.74, 6) is 0.584. The van der Waals surface area contributed by atoms with Crippen LogP contribution in [0.5, 0.6) is 0 Å². The minimum atomic E-state index is -0.259. The third-order valence-electron chi connectivity index (χ3n) is 2.18. The van der Waals surface area contributed by atoms with Crippen molar-refractivity contribution in [1.82, 2.24) is 0 Å². The van der Waals surface area contributed by atoms with Crippen LogP contribution in [0.1, 0.15) is 20.3 Å². The van der Waals surface area contributed by atoms with Gasteiger partial charge in [-0.05, 0) is 20.3 Å². The summed E-state index contributed by atoms with van der Waals surface area (Å²) < 4.78 is 10.5. The SMILES string of the molecule is CC(=O)C(C)OCC1CCOC1. The van der Waals surface area contributed by atoms with E-state index in [0.29, 0.717) is 12.5 Å². The molecule has 1 rings (SSSR count). The highest BCUT2D eigenvalue weighted by Gasteiger charge is 2.17. The highest BCUT2D eigenvalue weighted by atomic mass is 16.5. The topological polar surface area (TPSA) is 35.5 Å². The van der Waals surface area contributed by atoms with Crippen LogP contribution in [0.25, 0.3) is 0 Å². The predicted octanol–water partition coefficient (Wildman–Crippen LogP) is 1.02. The Hall–Kier alpha value is -0.410. The Bertz CT molecular complexity index is 150. The molecule has 0 N–H and O–H groups in total. The van der Waals surface area contributed by atoms with Gasteiger partial charge in [-0.25, -0.2) is 0 Å². The molecule has 1 aliphatic heterocycles. The molecule has 70 valence electrons. The number of carbonyl (C=O) groups excluding carboxylic acids is 1. The molecule has 0 bridgehead atoms. The van der Waals surface area contributed by atoms with E-state index in [1.807, 2.05) is 0 Å². The lowest BCUT2D eigenvalue weighted by Crippen LogP contribution is -2.21. The fourth-order valence-corrected chi connectivity index (χ4v) is 1.11. The van der Waals surface area contributed by atoms with Gasteiger partial charge in [0.1, 0.15) is 6.10 Å². The first kappa shape index (κ1) is 9.68. The Kier molecular flexibility index (Phi) is 3.69. The predicted molar refractivity (Wildman–Crippen MR) is 45.0 cm³/mol. The Morgan fingerprint density at radius 1 is 1.75 bits per heavy atom. The van der Waals surface area contributed by atoms with Crippen LogP contribution >= 0.6 is 0 Å². The second-order valence-electron chi connectivity index (χ2n) is 3.32. The van der Waals surface area contributed by atoms with E-state index in [-0.39, 0.29) is 11.9 Å². The summed E-state index contributed by atoms with van der Waals surface area (Å²) in [5.41, 5.74) is 0. The van der Waals surface area contributed by atoms with Crippen LogP contribution in [-0.4, -0.2) is 31.7 Å². The molecule has 1 fully saturated rings. The van der Waals surface area contributed by atoms with Gasteiger partial charge in [-0.2, -0.15) is 0 Å². The highest BCUT2D eigenvalue weighted by molar-refractivity contribution is 5.79. The van der Waals surface area contributed by atoms with Crippen molar-refractivity contribution in [2.45, 2.75) is 26.4 Å². The Morgan fingerprint density at radius 2 is 2.50 bits per heavy atom. The number of hydrogen-bond acceptors (Lipinski definition) is 3. The van der Waals surface area contributed by atoms with Gasteiger partial charge in [0.25, 0.3) is 0 Å². The highest BCUT2D eigenvalue weighted by Crippen LogP contribution is 2.13. The summed E-state index contributed by atoms with van der Waals surface area (Å²) in [5, 5.41) is 0. The van der Waals surface area contributed by atoms with E-state index in [9.17, 15) is 4.79 Å². The Balaban J connectivity index is 2.11. The van der Waals surface area contributed by atoms with E-state index in [0.717, 1.165) is 19.6 Å². The van der Waals surface area contributed by atoms with Crippen molar-refractivity contribution in [3.63, 3.8) is 0 Å². The molecule has 1 aliphatic rings. The molecule has 2 atom stereocenters. The molecule has 0 amide bonds. The van der Waals surface area contributed by atoms with Gasteiger partial charge < -0.3 is 9.47 Å². The Morgan fingerprint density at radius 3 is 3.00 bits per heavy atom. The molecule has 0 aliphatic carbocycles. The average molecular weight is 172 g/mol.